The van der Waals surface area contributed by atoms with Crippen LogP contribution in [0.1, 0.15) is 45.0 Å². The van der Waals surface area contributed by atoms with Crippen molar-refractivity contribution in [3.05, 3.63) is 87.6 Å². The zero-order chi connectivity index (χ0) is 19.9. The molecular weight excluding hydrogens is 370 g/mol. The summed E-state index contributed by atoms with van der Waals surface area (Å²) < 4.78 is 5.64. The fourth-order valence-electron chi connectivity index (χ4n) is 2.84. The third-order valence-corrected chi connectivity index (χ3v) is 5.02. The number of ketones is 1. The molecule has 0 radical (unpaired) electrons. The zero-order valence-corrected chi connectivity index (χ0v) is 16.8. The van der Waals surface area contributed by atoms with Crippen molar-refractivity contribution in [1.29, 1.82) is 0 Å². The number of hydrogen-bond donors (Lipinski definition) is 1. The summed E-state index contributed by atoms with van der Waals surface area (Å²) in [5.74, 6) is 0.477. The molecule has 3 aromatic rings. The van der Waals surface area contributed by atoms with E-state index in [4.69, 9.17) is 4.74 Å². The van der Waals surface area contributed by atoms with E-state index in [1.165, 1.54) is 11.3 Å². The second kappa shape index (κ2) is 9.33. The maximum Gasteiger partial charge on any atom is 0.252 e. The van der Waals surface area contributed by atoms with Crippen LogP contribution in [-0.2, 0) is 6.42 Å². The van der Waals surface area contributed by atoms with E-state index in [9.17, 15) is 9.59 Å². The first kappa shape index (κ1) is 19.8. The van der Waals surface area contributed by atoms with E-state index in [1.807, 2.05) is 49.6 Å². The van der Waals surface area contributed by atoms with E-state index in [2.05, 4.69) is 5.32 Å². The van der Waals surface area contributed by atoms with Crippen LogP contribution in [0.3, 0.4) is 0 Å². The molecule has 0 fully saturated rings. The predicted octanol–water partition coefficient (Wildman–Crippen LogP) is 4.74. The van der Waals surface area contributed by atoms with Crippen LogP contribution < -0.4 is 10.1 Å². The molecule has 1 aromatic heterocycles. The van der Waals surface area contributed by atoms with Crippen LogP contribution in [-0.4, -0.2) is 24.3 Å². The summed E-state index contributed by atoms with van der Waals surface area (Å²) in [6.07, 6.45) is 0.844. The molecule has 0 bridgehead atoms. The minimum Gasteiger partial charge on any atom is -0.491 e. The molecule has 5 heteroatoms. The van der Waals surface area contributed by atoms with Crippen LogP contribution >= 0.6 is 11.3 Å². The SMILES string of the molecule is CC(C)Oc1ccc(CCNC(=O)c2ccccc2C(=O)c2cccs2)cc1. The van der Waals surface area contributed by atoms with E-state index in [0.29, 0.717) is 29.0 Å². The highest BCUT2D eigenvalue weighted by Crippen LogP contribution is 2.18. The summed E-state index contributed by atoms with van der Waals surface area (Å²) in [6.45, 7) is 4.47. The largest absolute Gasteiger partial charge is 0.491 e. The van der Waals surface area contributed by atoms with Gasteiger partial charge in [0.25, 0.3) is 5.91 Å². The summed E-state index contributed by atoms with van der Waals surface area (Å²) >= 11 is 1.37. The lowest BCUT2D eigenvalue weighted by molar-refractivity contribution is 0.0943. The molecule has 1 N–H and O–H groups in total. The fourth-order valence-corrected chi connectivity index (χ4v) is 3.52. The molecule has 3 rings (SSSR count). The molecule has 2 aromatic carbocycles. The van der Waals surface area contributed by atoms with Crippen LogP contribution in [0.25, 0.3) is 0 Å². The Labute approximate surface area is 169 Å². The molecule has 0 aliphatic heterocycles. The molecule has 144 valence electrons. The van der Waals surface area contributed by atoms with Crippen molar-refractivity contribution in [1.82, 2.24) is 5.32 Å². The van der Waals surface area contributed by atoms with Crippen molar-refractivity contribution in [3.63, 3.8) is 0 Å². The van der Waals surface area contributed by atoms with Gasteiger partial charge in [0.15, 0.2) is 0 Å². The minimum atomic E-state index is -0.236. The highest BCUT2D eigenvalue weighted by atomic mass is 32.1. The maximum atomic E-state index is 12.7. The van der Waals surface area contributed by atoms with Crippen molar-refractivity contribution >= 4 is 23.0 Å². The molecule has 0 aliphatic rings. The number of rotatable bonds is 8. The topological polar surface area (TPSA) is 55.4 Å². The van der Waals surface area contributed by atoms with Crippen LogP contribution in [0.5, 0.6) is 5.75 Å². The van der Waals surface area contributed by atoms with Gasteiger partial charge in [0.1, 0.15) is 5.75 Å². The number of thiophene rings is 1. The highest BCUT2D eigenvalue weighted by Gasteiger charge is 2.18. The van der Waals surface area contributed by atoms with Gasteiger partial charge >= 0.3 is 0 Å². The molecular formula is C23H23NO3S. The van der Waals surface area contributed by atoms with E-state index < -0.39 is 0 Å². The van der Waals surface area contributed by atoms with Crippen LogP contribution in [0.4, 0.5) is 0 Å². The molecule has 0 aliphatic carbocycles. The van der Waals surface area contributed by atoms with E-state index in [-0.39, 0.29) is 17.8 Å². The Hall–Kier alpha value is -2.92. The van der Waals surface area contributed by atoms with E-state index in [0.717, 1.165) is 11.3 Å². The summed E-state index contributed by atoms with van der Waals surface area (Å²) in [5, 5.41) is 4.77. The average Bonchev–Trinajstić information content (AvgIpc) is 3.23. The van der Waals surface area contributed by atoms with Gasteiger partial charge in [-0.1, -0.05) is 36.4 Å². The Kier molecular flexibility index (Phi) is 6.61. The smallest absolute Gasteiger partial charge is 0.252 e. The number of carbonyl (C=O) groups is 2. The van der Waals surface area contributed by atoms with Crippen LogP contribution in [0.2, 0.25) is 0 Å². The Morgan fingerprint density at radius 1 is 0.964 bits per heavy atom. The van der Waals surface area contributed by atoms with Crippen LogP contribution in [0.15, 0.2) is 66.0 Å². The molecule has 0 unspecified atom stereocenters. The third-order valence-electron chi connectivity index (χ3n) is 4.16. The summed E-state index contributed by atoms with van der Waals surface area (Å²) in [7, 11) is 0. The lowest BCUT2D eigenvalue weighted by atomic mass is 10.0. The van der Waals surface area contributed by atoms with Gasteiger partial charge in [0.2, 0.25) is 5.78 Å². The predicted molar refractivity (Wildman–Crippen MR) is 112 cm³/mol. The van der Waals surface area contributed by atoms with Gasteiger partial charge in [0, 0.05) is 12.1 Å². The van der Waals surface area contributed by atoms with Gasteiger partial charge < -0.3 is 10.1 Å². The Bertz CT molecular complexity index is 931. The molecule has 0 saturated carbocycles. The van der Waals surface area contributed by atoms with Crippen LogP contribution in [0, 0.1) is 0 Å². The number of hydrogen-bond acceptors (Lipinski definition) is 4. The molecule has 0 atom stereocenters. The van der Waals surface area contributed by atoms with Gasteiger partial charge in [-0.15, -0.1) is 11.3 Å². The standard InChI is InChI=1S/C23H23NO3S/c1-16(2)27-18-11-9-17(10-12-18)13-14-24-23(26)20-7-4-3-6-19(20)22(25)21-8-5-15-28-21/h3-12,15-16H,13-14H2,1-2H3,(H,24,26). The second-order valence-electron chi connectivity index (χ2n) is 6.67. The summed E-state index contributed by atoms with van der Waals surface area (Å²) in [5.41, 5.74) is 1.94. The highest BCUT2D eigenvalue weighted by molar-refractivity contribution is 7.12. The quantitative estimate of drug-likeness (QED) is 0.563. The normalized spacial score (nSPS) is 10.7. The molecule has 28 heavy (non-hydrogen) atoms. The Morgan fingerprint density at radius 2 is 1.68 bits per heavy atom. The first-order valence-corrected chi connectivity index (χ1v) is 10.1. The van der Waals surface area contributed by atoms with Gasteiger partial charge in [-0.3, -0.25) is 9.59 Å². The van der Waals surface area contributed by atoms with Crippen molar-refractivity contribution < 1.29 is 14.3 Å². The number of amides is 1. The van der Waals surface area contributed by atoms with Crippen molar-refractivity contribution in [2.75, 3.05) is 6.54 Å². The van der Waals surface area contributed by atoms with E-state index >= 15 is 0 Å². The van der Waals surface area contributed by atoms with Gasteiger partial charge in [-0.2, -0.15) is 0 Å². The molecule has 4 nitrogen and oxygen atoms in total. The Balaban J connectivity index is 1.60. The number of carbonyl (C=O) groups excluding carboxylic acids is 2. The monoisotopic (exact) mass is 393 g/mol. The maximum absolute atomic E-state index is 12.7. The summed E-state index contributed by atoms with van der Waals surface area (Å²) in [6, 6.07) is 18.4. The van der Waals surface area contributed by atoms with Gasteiger partial charge in [-0.05, 0) is 55.5 Å². The van der Waals surface area contributed by atoms with Crippen molar-refractivity contribution in [3.8, 4) is 5.75 Å². The number of nitrogens with one attached hydrogen (secondary N) is 1. The van der Waals surface area contributed by atoms with Crippen molar-refractivity contribution in [2.24, 2.45) is 0 Å². The Morgan fingerprint density at radius 3 is 2.32 bits per heavy atom. The van der Waals surface area contributed by atoms with E-state index in [1.54, 1.807) is 30.3 Å². The molecule has 1 heterocycles. The lowest BCUT2D eigenvalue weighted by Crippen LogP contribution is -2.27. The third kappa shape index (κ3) is 5.08. The zero-order valence-electron chi connectivity index (χ0n) is 16.0. The number of benzene rings is 2. The second-order valence-corrected chi connectivity index (χ2v) is 7.62. The first-order chi connectivity index (χ1) is 13.5. The summed E-state index contributed by atoms with van der Waals surface area (Å²) in [4.78, 5) is 25.9. The average molecular weight is 394 g/mol. The fraction of sp³-hybridized carbons (Fsp3) is 0.217. The molecule has 1 amide bonds. The van der Waals surface area contributed by atoms with Gasteiger partial charge in [0.05, 0.1) is 16.5 Å². The molecule has 0 spiro atoms. The van der Waals surface area contributed by atoms with Gasteiger partial charge in [-0.25, -0.2) is 0 Å². The molecule has 0 saturated heterocycles. The van der Waals surface area contributed by atoms with Crippen molar-refractivity contribution in [2.45, 2.75) is 26.4 Å². The minimum absolute atomic E-state index is 0.124. The number of ether oxygens (including phenoxy) is 1. The lowest BCUT2D eigenvalue weighted by Gasteiger charge is -2.11. The first-order valence-electron chi connectivity index (χ1n) is 9.25.